The van der Waals surface area contributed by atoms with Crippen LogP contribution in [0.2, 0.25) is 0 Å². The van der Waals surface area contributed by atoms with Crippen LogP contribution in [-0.2, 0) is 24.7 Å². The predicted octanol–water partition coefficient (Wildman–Crippen LogP) is 1.59. The Morgan fingerprint density at radius 3 is 2.43 bits per heavy atom. The quantitative estimate of drug-likeness (QED) is 0.659. The lowest BCUT2D eigenvalue weighted by Gasteiger charge is -2.29. The van der Waals surface area contributed by atoms with Crippen molar-refractivity contribution in [2.24, 2.45) is 11.8 Å². The van der Waals surface area contributed by atoms with E-state index in [1.54, 1.807) is 30.3 Å². The van der Waals surface area contributed by atoms with E-state index in [0.717, 1.165) is 0 Å². The van der Waals surface area contributed by atoms with Crippen molar-refractivity contribution in [3.8, 4) is 0 Å². The molecule has 8 nitrogen and oxygen atoms in total. The Hall–Kier alpha value is -3.52. The van der Waals surface area contributed by atoms with E-state index in [2.05, 4.69) is 16.0 Å². The Labute approximate surface area is 172 Å². The number of hydrogen-bond acceptors (Lipinski definition) is 5. The first-order chi connectivity index (χ1) is 14.3. The zero-order valence-corrected chi connectivity index (χ0v) is 16.4. The summed E-state index contributed by atoms with van der Waals surface area (Å²) in [4.78, 5) is 52.3. The van der Waals surface area contributed by atoms with Crippen LogP contribution in [0.25, 0.3) is 0 Å². The Bertz CT molecular complexity index is 1110. The van der Waals surface area contributed by atoms with Gasteiger partial charge in [-0.1, -0.05) is 18.2 Å². The van der Waals surface area contributed by atoms with Crippen LogP contribution >= 0.6 is 0 Å². The minimum atomic E-state index is -1.27. The smallest absolute Gasteiger partial charge is 0.250 e. The third-order valence-corrected chi connectivity index (χ3v) is 6.22. The summed E-state index contributed by atoms with van der Waals surface area (Å²) in [6.45, 7) is 3.23. The topological polar surface area (TPSA) is 108 Å². The fourth-order valence-corrected chi connectivity index (χ4v) is 5.07. The molecule has 3 heterocycles. The van der Waals surface area contributed by atoms with Gasteiger partial charge in [0.1, 0.15) is 5.54 Å². The lowest BCUT2D eigenvalue weighted by molar-refractivity contribution is -0.130. The van der Waals surface area contributed by atoms with Crippen LogP contribution in [0, 0.1) is 11.8 Å². The highest BCUT2D eigenvalue weighted by Gasteiger charge is 2.69. The minimum absolute atomic E-state index is 0.210. The van der Waals surface area contributed by atoms with Gasteiger partial charge in [0.15, 0.2) is 0 Å². The molecule has 3 aliphatic rings. The molecule has 0 unspecified atom stereocenters. The predicted molar refractivity (Wildman–Crippen MR) is 110 cm³/mol. The van der Waals surface area contributed by atoms with Gasteiger partial charge in [0, 0.05) is 29.9 Å². The molecule has 8 heteroatoms. The van der Waals surface area contributed by atoms with E-state index in [1.807, 2.05) is 25.1 Å². The van der Waals surface area contributed by atoms with E-state index in [0.29, 0.717) is 22.6 Å². The van der Waals surface area contributed by atoms with E-state index >= 15 is 0 Å². The van der Waals surface area contributed by atoms with Gasteiger partial charge in [0.05, 0.1) is 17.5 Å². The maximum atomic E-state index is 13.5. The molecule has 1 spiro atoms. The normalized spacial score (nSPS) is 29.2. The van der Waals surface area contributed by atoms with E-state index in [1.165, 1.54) is 11.8 Å². The summed E-state index contributed by atoms with van der Waals surface area (Å²) in [6, 6.07) is 13.4. The molecule has 2 aromatic carbocycles. The van der Waals surface area contributed by atoms with Crippen molar-refractivity contribution in [1.29, 1.82) is 0 Å². The molecule has 2 fully saturated rings. The maximum absolute atomic E-state index is 13.5. The first-order valence-corrected chi connectivity index (χ1v) is 9.78. The first kappa shape index (κ1) is 18.5. The second-order valence-corrected chi connectivity index (χ2v) is 7.98. The van der Waals surface area contributed by atoms with Crippen LogP contribution < -0.4 is 20.9 Å². The van der Waals surface area contributed by atoms with Crippen molar-refractivity contribution in [3.63, 3.8) is 0 Å². The Balaban J connectivity index is 1.56. The fraction of sp³-hybridized carbons (Fsp3) is 0.273. The van der Waals surface area contributed by atoms with Crippen molar-refractivity contribution in [3.05, 3.63) is 54.1 Å². The number of carbonyl (C=O) groups excluding carboxylic acids is 4. The molecule has 5 rings (SSSR count). The number of nitrogens with one attached hydrogen (secondary N) is 3. The summed E-state index contributed by atoms with van der Waals surface area (Å²) >= 11 is 0. The molecule has 0 aromatic heterocycles. The molecule has 4 atom stereocenters. The number of rotatable bonds is 2. The highest BCUT2D eigenvalue weighted by atomic mass is 16.2. The zero-order chi connectivity index (χ0) is 21.2. The number of anilines is 3. The van der Waals surface area contributed by atoms with Crippen molar-refractivity contribution >= 4 is 40.7 Å². The second kappa shape index (κ2) is 6.24. The van der Waals surface area contributed by atoms with Gasteiger partial charge in [-0.3, -0.25) is 24.5 Å². The van der Waals surface area contributed by atoms with Crippen molar-refractivity contribution in [2.45, 2.75) is 25.4 Å². The number of imide groups is 1. The van der Waals surface area contributed by atoms with Gasteiger partial charge in [-0.25, -0.2) is 4.90 Å². The van der Waals surface area contributed by atoms with E-state index in [-0.39, 0.29) is 23.8 Å². The van der Waals surface area contributed by atoms with Gasteiger partial charge >= 0.3 is 0 Å². The van der Waals surface area contributed by atoms with E-state index < -0.39 is 23.3 Å². The third-order valence-electron chi connectivity index (χ3n) is 6.22. The Morgan fingerprint density at radius 2 is 1.73 bits per heavy atom. The summed E-state index contributed by atoms with van der Waals surface area (Å²) in [5.74, 6) is -2.74. The Kier molecular flexibility index (Phi) is 3.85. The first-order valence-electron chi connectivity index (χ1n) is 9.78. The third kappa shape index (κ3) is 2.31. The lowest BCUT2D eigenvalue weighted by atomic mass is 9.76. The number of amides is 4. The number of carbonyl (C=O) groups is 4. The SMILES string of the molecule is CC(=O)Nc1ccc(N2C(=O)[C@@H]3[C@@H](C2=O)[C@]2(N[C@@H]3C)C(=O)Nc3ccccc32)cc1. The zero-order valence-electron chi connectivity index (χ0n) is 16.4. The highest BCUT2D eigenvalue weighted by molar-refractivity contribution is 6.25. The van der Waals surface area contributed by atoms with Crippen molar-refractivity contribution < 1.29 is 19.2 Å². The second-order valence-electron chi connectivity index (χ2n) is 7.98. The molecule has 152 valence electrons. The monoisotopic (exact) mass is 404 g/mol. The fourth-order valence-electron chi connectivity index (χ4n) is 5.07. The summed E-state index contributed by atoms with van der Waals surface area (Å²) in [7, 11) is 0. The molecule has 3 aliphatic heterocycles. The largest absolute Gasteiger partial charge is 0.326 e. The van der Waals surface area contributed by atoms with Gasteiger partial charge in [-0.05, 0) is 37.3 Å². The molecule has 30 heavy (non-hydrogen) atoms. The van der Waals surface area contributed by atoms with Gasteiger partial charge in [-0.2, -0.15) is 0 Å². The maximum Gasteiger partial charge on any atom is 0.250 e. The van der Waals surface area contributed by atoms with Crippen LogP contribution in [0.15, 0.2) is 48.5 Å². The number of fused-ring (bicyclic) bond motifs is 4. The van der Waals surface area contributed by atoms with Gasteiger partial charge in [-0.15, -0.1) is 0 Å². The molecule has 0 bridgehead atoms. The molecule has 4 amide bonds. The van der Waals surface area contributed by atoms with E-state index in [4.69, 9.17) is 0 Å². The molecule has 0 aliphatic carbocycles. The van der Waals surface area contributed by atoms with E-state index in [9.17, 15) is 19.2 Å². The number of benzene rings is 2. The molecule has 2 aromatic rings. The molecule has 2 saturated heterocycles. The van der Waals surface area contributed by atoms with Crippen LogP contribution in [0.1, 0.15) is 19.4 Å². The van der Waals surface area contributed by atoms with Crippen LogP contribution in [0.3, 0.4) is 0 Å². The Morgan fingerprint density at radius 1 is 1.03 bits per heavy atom. The minimum Gasteiger partial charge on any atom is -0.326 e. The summed E-state index contributed by atoms with van der Waals surface area (Å²) in [5, 5.41) is 8.79. The van der Waals surface area contributed by atoms with Gasteiger partial charge in [0.25, 0.3) is 0 Å². The average Bonchev–Trinajstić information content (AvgIpc) is 3.27. The summed E-state index contributed by atoms with van der Waals surface area (Å²) in [6.07, 6.45) is 0. The van der Waals surface area contributed by atoms with Gasteiger partial charge < -0.3 is 10.6 Å². The number of nitrogens with zero attached hydrogens (tertiary/aromatic N) is 1. The average molecular weight is 404 g/mol. The molecule has 0 radical (unpaired) electrons. The van der Waals surface area contributed by atoms with Crippen molar-refractivity contribution in [1.82, 2.24) is 5.32 Å². The molecular weight excluding hydrogens is 384 g/mol. The molecular formula is C22H20N4O4. The highest BCUT2D eigenvalue weighted by Crippen LogP contribution is 2.53. The van der Waals surface area contributed by atoms with Gasteiger partial charge in [0.2, 0.25) is 23.6 Å². The molecule has 3 N–H and O–H groups in total. The lowest BCUT2D eigenvalue weighted by Crippen LogP contribution is -2.53. The summed E-state index contributed by atoms with van der Waals surface area (Å²) < 4.78 is 0. The number of hydrogen-bond donors (Lipinski definition) is 3. The van der Waals surface area contributed by atoms with Crippen molar-refractivity contribution in [2.75, 3.05) is 15.5 Å². The number of para-hydroxylation sites is 1. The molecule has 0 saturated carbocycles. The van der Waals surface area contributed by atoms with Crippen LogP contribution in [0.4, 0.5) is 17.1 Å². The standard InChI is InChI=1S/C22H20N4O4/c1-11-17-18(22(25-11)15-5-3-4-6-16(15)24-21(22)30)20(29)26(19(17)28)14-9-7-13(8-10-14)23-12(2)27/h3-11,17-18,25H,1-2H3,(H,23,27)(H,24,30)/t11-,17+,18+,22+/m1/s1. The summed E-state index contributed by atoms with van der Waals surface area (Å²) in [5.41, 5.74) is 1.07. The van der Waals surface area contributed by atoms with Crippen LogP contribution in [0.5, 0.6) is 0 Å². The van der Waals surface area contributed by atoms with Crippen LogP contribution in [-0.4, -0.2) is 29.7 Å².